The summed E-state index contributed by atoms with van der Waals surface area (Å²) in [5.41, 5.74) is 5.48. The molecule has 13 heteroatoms. The molecule has 0 spiro atoms. The first-order chi connectivity index (χ1) is 30.1. The monoisotopic (exact) mass is 852 g/mol. The minimum Gasteiger partial charge on any atom is -0.508 e. The van der Waals surface area contributed by atoms with Gasteiger partial charge in [0.25, 0.3) is 11.8 Å². The number of phenolic OH excluding ortho intramolecular Hbond substituents is 1. The number of allylic oxidation sites excluding steroid dienone is 2. The van der Waals surface area contributed by atoms with Crippen LogP contribution in [-0.4, -0.2) is 60.0 Å². The van der Waals surface area contributed by atoms with E-state index >= 15 is 9.59 Å². The molecule has 5 aromatic carbocycles. The van der Waals surface area contributed by atoms with Crippen LogP contribution in [0, 0.1) is 29.5 Å². The second-order valence-electron chi connectivity index (χ2n) is 16.5. The minimum atomic E-state index is -1.66. The van der Waals surface area contributed by atoms with Crippen molar-refractivity contribution in [3.8, 4) is 11.5 Å². The van der Waals surface area contributed by atoms with Crippen LogP contribution in [0.2, 0.25) is 5.02 Å². The normalized spacial score (nSPS) is 25.6. The fourth-order valence-corrected chi connectivity index (χ4v) is 10.6. The fraction of sp³-hybridized carbons (Fsp3) is 0.265. The lowest BCUT2D eigenvalue weighted by Crippen LogP contribution is -2.53. The Labute approximate surface area is 362 Å². The van der Waals surface area contributed by atoms with Gasteiger partial charge in [0, 0.05) is 41.3 Å². The van der Waals surface area contributed by atoms with Crippen molar-refractivity contribution in [3.05, 3.63) is 161 Å². The van der Waals surface area contributed by atoms with E-state index < -0.39 is 52.6 Å². The fourth-order valence-electron chi connectivity index (χ4n) is 10.5. The number of hydrazine groups is 1. The zero-order chi connectivity index (χ0) is 42.7. The van der Waals surface area contributed by atoms with Gasteiger partial charge in [-0.2, -0.15) is 5.01 Å². The number of ether oxygens (including phenoxy) is 2. The lowest BCUT2D eigenvalue weighted by molar-refractivity contribution is -0.138. The molecule has 3 saturated heterocycles. The Bertz CT molecular complexity index is 2600. The average Bonchev–Trinajstić information content (AvgIpc) is 3.68. The van der Waals surface area contributed by atoms with Crippen molar-refractivity contribution < 1.29 is 38.1 Å². The summed E-state index contributed by atoms with van der Waals surface area (Å²) in [5, 5.41) is 13.5. The predicted octanol–water partition coefficient (Wildman–Crippen LogP) is 7.79. The first kappa shape index (κ1) is 39.6. The highest BCUT2D eigenvalue weighted by atomic mass is 35.5. The van der Waals surface area contributed by atoms with E-state index in [-0.39, 0.29) is 37.0 Å². The molecule has 0 bridgehead atoms. The van der Waals surface area contributed by atoms with Crippen LogP contribution in [0.25, 0.3) is 0 Å². The van der Waals surface area contributed by atoms with Crippen LogP contribution >= 0.6 is 11.6 Å². The molecule has 0 radical (unpaired) electrons. The number of imide groups is 2. The van der Waals surface area contributed by atoms with Crippen LogP contribution < -0.4 is 20.0 Å². The number of benzene rings is 5. The molecular weight excluding hydrogens is 811 g/mol. The molecule has 5 aromatic rings. The van der Waals surface area contributed by atoms with E-state index in [1.54, 1.807) is 48.5 Å². The third-order valence-corrected chi connectivity index (χ3v) is 13.6. The van der Waals surface area contributed by atoms with E-state index in [0.717, 1.165) is 29.3 Å². The van der Waals surface area contributed by atoms with E-state index in [4.69, 9.17) is 21.1 Å². The maximum Gasteiger partial charge on any atom is 0.260 e. The number of anilines is 3. The number of halogens is 2. The second-order valence-corrected chi connectivity index (χ2v) is 16.9. The van der Waals surface area contributed by atoms with Gasteiger partial charge in [0.1, 0.15) is 23.9 Å². The number of hydrogen-bond acceptors (Lipinski definition) is 9. The van der Waals surface area contributed by atoms with Crippen LogP contribution in [0.15, 0.2) is 133 Å². The van der Waals surface area contributed by atoms with Crippen LogP contribution in [0.4, 0.5) is 21.5 Å². The molecule has 4 amide bonds. The number of amides is 4. The Morgan fingerprint density at radius 3 is 2.23 bits per heavy atom. The van der Waals surface area contributed by atoms with Crippen molar-refractivity contribution in [2.24, 2.45) is 23.7 Å². The van der Waals surface area contributed by atoms with Gasteiger partial charge in [0.2, 0.25) is 11.8 Å². The lowest BCUT2D eigenvalue weighted by Gasteiger charge is -2.50. The molecule has 2 aliphatic carbocycles. The Hall–Kier alpha value is -6.50. The van der Waals surface area contributed by atoms with Gasteiger partial charge in [-0.15, -0.1) is 0 Å². The minimum absolute atomic E-state index is 0.0557. The molecule has 6 unspecified atom stereocenters. The smallest absolute Gasteiger partial charge is 0.260 e. The average molecular weight is 853 g/mol. The van der Waals surface area contributed by atoms with Crippen molar-refractivity contribution in [1.82, 2.24) is 5.01 Å². The third kappa shape index (κ3) is 6.51. The summed E-state index contributed by atoms with van der Waals surface area (Å²) >= 11 is 6.44. The second kappa shape index (κ2) is 15.8. The molecule has 4 fully saturated rings. The van der Waals surface area contributed by atoms with Gasteiger partial charge in [-0.1, -0.05) is 71.8 Å². The van der Waals surface area contributed by atoms with Gasteiger partial charge in [-0.05, 0) is 96.6 Å². The quantitative estimate of drug-likeness (QED) is 0.113. The molecule has 11 nitrogen and oxygen atoms in total. The van der Waals surface area contributed by atoms with E-state index in [1.807, 2.05) is 48.5 Å². The van der Waals surface area contributed by atoms with Gasteiger partial charge in [0.15, 0.2) is 0 Å². The first-order valence-corrected chi connectivity index (χ1v) is 21.2. The summed E-state index contributed by atoms with van der Waals surface area (Å²) in [4.78, 5) is 63.2. The number of carbonyl (C=O) groups is 4. The van der Waals surface area contributed by atoms with Crippen molar-refractivity contribution in [1.29, 1.82) is 0 Å². The van der Waals surface area contributed by atoms with Gasteiger partial charge in [0.05, 0.1) is 47.8 Å². The summed E-state index contributed by atoms with van der Waals surface area (Å²) in [6.07, 6.45) is 2.20. The van der Waals surface area contributed by atoms with Crippen molar-refractivity contribution >= 4 is 52.3 Å². The standard InChI is InChI=1S/C49H42ClFN4O7/c50-31-8-6-30(7-9-31)49-41(46(58)55(48(49)60)52-33-12-10-32(51)11-13-33)27-40-37(44(49)38-19-18-36(26-42(38)56)62-28-29-4-2-1-3-5-29)20-21-39-43(40)47(59)54(45(39)57)35-16-14-34(15-17-35)53-22-24-61-25-23-53/h1-20,26,39-41,43-44,52,56H,21-25,27-28H2. The molecule has 0 aromatic heterocycles. The molecule has 3 aliphatic heterocycles. The van der Waals surface area contributed by atoms with E-state index in [2.05, 4.69) is 10.3 Å². The molecule has 62 heavy (non-hydrogen) atoms. The Morgan fingerprint density at radius 1 is 0.806 bits per heavy atom. The molecule has 6 atom stereocenters. The van der Waals surface area contributed by atoms with Crippen LogP contribution in [0.5, 0.6) is 11.5 Å². The summed E-state index contributed by atoms with van der Waals surface area (Å²) < 4.78 is 25.6. The topological polar surface area (TPSA) is 129 Å². The number of nitrogens with zero attached hydrogens (tertiary/aromatic N) is 3. The largest absolute Gasteiger partial charge is 0.508 e. The number of fused-ring (bicyclic) bond motifs is 4. The van der Waals surface area contributed by atoms with E-state index in [1.165, 1.54) is 35.2 Å². The molecule has 5 aliphatic rings. The maximum atomic E-state index is 15.5. The Kier molecular flexibility index (Phi) is 10.1. The SMILES string of the molecule is O=C1C2CC3C(=CCC4C(=O)N(c5ccc(N6CCOCC6)cc5)C(=O)C43)C(c3ccc(OCc4ccccc4)cc3O)C2(c2ccc(Cl)cc2)C(=O)N1Nc1ccc(F)cc1. The predicted molar refractivity (Wildman–Crippen MR) is 230 cm³/mol. The molecule has 3 heterocycles. The van der Waals surface area contributed by atoms with Gasteiger partial charge in [-0.3, -0.25) is 29.5 Å². The lowest BCUT2D eigenvalue weighted by atomic mass is 9.49. The number of phenols is 1. The molecule has 1 saturated carbocycles. The molecular formula is C49H42ClFN4O7. The summed E-state index contributed by atoms with van der Waals surface area (Å²) in [6.45, 7) is 2.95. The zero-order valence-corrected chi connectivity index (χ0v) is 34.2. The van der Waals surface area contributed by atoms with Gasteiger partial charge >= 0.3 is 0 Å². The van der Waals surface area contributed by atoms with Crippen molar-refractivity contribution in [2.75, 3.05) is 41.5 Å². The number of aromatic hydroxyl groups is 1. The van der Waals surface area contributed by atoms with E-state index in [9.17, 15) is 19.1 Å². The highest BCUT2D eigenvalue weighted by molar-refractivity contribution is 6.30. The Morgan fingerprint density at radius 2 is 1.52 bits per heavy atom. The number of nitrogens with one attached hydrogen (secondary N) is 1. The maximum absolute atomic E-state index is 15.5. The van der Waals surface area contributed by atoms with Gasteiger partial charge < -0.3 is 19.5 Å². The zero-order valence-electron chi connectivity index (χ0n) is 33.5. The Balaban J connectivity index is 1.08. The number of hydrogen-bond donors (Lipinski definition) is 2. The summed E-state index contributed by atoms with van der Waals surface area (Å²) in [6, 6.07) is 34.0. The van der Waals surface area contributed by atoms with Crippen molar-refractivity contribution in [3.63, 3.8) is 0 Å². The number of carbonyl (C=O) groups excluding carboxylic acids is 4. The van der Waals surface area contributed by atoms with Crippen LogP contribution in [0.3, 0.4) is 0 Å². The highest BCUT2D eigenvalue weighted by Gasteiger charge is 2.70. The molecule has 314 valence electrons. The van der Waals surface area contributed by atoms with Crippen molar-refractivity contribution in [2.45, 2.75) is 30.8 Å². The summed E-state index contributed by atoms with van der Waals surface area (Å²) in [7, 11) is 0. The van der Waals surface area contributed by atoms with Gasteiger partial charge in [-0.25, -0.2) is 4.39 Å². The summed E-state index contributed by atoms with van der Waals surface area (Å²) in [5.74, 6) is -6.39. The number of morpholine rings is 1. The molecule has 2 N–H and O–H groups in total. The highest BCUT2D eigenvalue weighted by Crippen LogP contribution is 2.65. The number of rotatable bonds is 9. The third-order valence-electron chi connectivity index (χ3n) is 13.3. The van der Waals surface area contributed by atoms with Crippen LogP contribution in [0.1, 0.15) is 35.4 Å². The van der Waals surface area contributed by atoms with E-state index in [0.29, 0.717) is 52.1 Å². The molecule has 10 rings (SSSR count). The first-order valence-electron chi connectivity index (χ1n) is 20.8. The van der Waals surface area contributed by atoms with Crippen LogP contribution in [-0.2, 0) is 35.9 Å².